The van der Waals surface area contributed by atoms with E-state index in [1.807, 2.05) is 13.8 Å². The fourth-order valence-electron chi connectivity index (χ4n) is 3.68. The van der Waals surface area contributed by atoms with Crippen molar-refractivity contribution in [2.45, 2.75) is 39.2 Å². The minimum atomic E-state index is -0.646. The molecule has 1 saturated carbocycles. The van der Waals surface area contributed by atoms with Gasteiger partial charge in [0.25, 0.3) is 0 Å². The maximum atomic E-state index is 11.6. The van der Waals surface area contributed by atoms with Gasteiger partial charge in [0.05, 0.1) is 5.60 Å². The summed E-state index contributed by atoms with van der Waals surface area (Å²) in [4.78, 5) is 11.6. The van der Waals surface area contributed by atoms with Crippen LogP contribution in [0.25, 0.3) is 0 Å². The summed E-state index contributed by atoms with van der Waals surface area (Å²) in [5.74, 6) is 1.52. The molecular formula is C13H20O2. The summed E-state index contributed by atoms with van der Waals surface area (Å²) >= 11 is 0. The van der Waals surface area contributed by atoms with E-state index in [1.54, 1.807) is 6.92 Å². The number of allylic oxidation sites excluding steroid dienone is 2. The number of ketones is 1. The quantitative estimate of drug-likeness (QED) is 0.706. The Morgan fingerprint density at radius 3 is 2.07 bits per heavy atom. The van der Waals surface area contributed by atoms with Crippen molar-refractivity contribution in [1.82, 2.24) is 0 Å². The van der Waals surface area contributed by atoms with Gasteiger partial charge in [-0.15, -0.1) is 0 Å². The van der Waals surface area contributed by atoms with Crippen molar-refractivity contribution in [3.63, 3.8) is 0 Å². The average Bonchev–Trinajstić information content (AvgIpc) is 2.30. The van der Waals surface area contributed by atoms with Crippen LogP contribution in [0.5, 0.6) is 0 Å². The predicted octanol–water partition coefficient (Wildman–Crippen LogP) is 2.17. The third-order valence-corrected chi connectivity index (χ3v) is 4.11. The van der Waals surface area contributed by atoms with Gasteiger partial charge in [0.15, 0.2) is 0 Å². The van der Waals surface area contributed by atoms with E-state index in [0.717, 1.165) is 12.8 Å². The Bertz CT molecular complexity index is 282. The van der Waals surface area contributed by atoms with Gasteiger partial charge >= 0.3 is 0 Å². The molecule has 0 aromatic carbocycles. The van der Waals surface area contributed by atoms with Crippen molar-refractivity contribution in [2.24, 2.45) is 23.7 Å². The maximum absolute atomic E-state index is 11.6. The molecule has 2 heteroatoms. The monoisotopic (exact) mass is 208 g/mol. The standard InChI is InChI=1S/C13H20O2/c1-8(14)11-9-6-4-5-7-10(11)12(9)13(2,3)15/h4-5,9-12,15H,6-7H2,1-3H3. The topological polar surface area (TPSA) is 37.3 Å². The highest BCUT2D eigenvalue weighted by Gasteiger charge is 2.56. The molecule has 0 amide bonds. The maximum Gasteiger partial charge on any atom is 0.133 e. The van der Waals surface area contributed by atoms with E-state index in [9.17, 15) is 9.90 Å². The van der Waals surface area contributed by atoms with Crippen molar-refractivity contribution in [3.8, 4) is 0 Å². The summed E-state index contributed by atoms with van der Waals surface area (Å²) in [6.07, 6.45) is 6.25. The highest BCUT2D eigenvalue weighted by molar-refractivity contribution is 5.80. The molecule has 3 aliphatic rings. The molecule has 3 rings (SSSR count). The second kappa shape index (κ2) is 3.44. The van der Waals surface area contributed by atoms with Crippen molar-refractivity contribution in [1.29, 1.82) is 0 Å². The van der Waals surface area contributed by atoms with Gasteiger partial charge in [-0.3, -0.25) is 4.79 Å². The van der Waals surface area contributed by atoms with Crippen LogP contribution in [0, 0.1) is 23.7 Å². The molecule has 84 valence electrons. The molecule has 2 bridgehead atoms. The summed E-state index contributed by atoms with van der Waals surface area (Å²) in [5, 5.41) is 10.1. The zero-order valence-corrected chi connectivity index (χ0v) is 9.73. The lowest BCUT2D eigenvalue weighted by molar-refractivity contribution is -0.158. The Morgan fingerprint density at radius 1 is 1.27 bits per heavy atom. The molecule has 2 unspecified atom stereocenters. The van der Waals surface area contributed by atoms with Gasteiger partial charge < -0.3 is 5.11 Å². The first kappa shape index (κ1) is 10.9. The molecule has 0 spiro atoms. The second-order valence-corrected chi connectivity index (χ2v) is 5.59. The number of hydrogen-bond donors (Lipinski definition) is 1. The molecule has 1 fully saturated rings. The Labute approximate surface area is 91.4 Å². The average molecular weight is 208 g/mol. The van der Waals surface area contributed by atoms with Crippen molar-refractivity contribution >= 4 is 5.78 Å². The zero-order chi connectivity index (χ0) is 11.2. The van der Waals surface area contributed by atoms with Crippen LogP contribution in [-0.2, 0) is 4.79 Å². The first-order chi connectivity index (χ1) is 6.93. The summed E-state index contributed by atoms with van der Waals surface area (Å²) in [5.41, 5.74) is -0.646. The molecule has 1 N–H and O–H groups in total. The van der Waals surface area contributed by atoms with Crippen molar-refractivity contribution in [3.05, 3.63) is 12.2 Å². The number of carbonyl (C=O) groups is 1. The summed E-state index contributed by atoms with van der Waals surface area (Å²) in [7, 11) is 0. The predicted molar refractivity (Wildman–Crippen MR) is 59.3 cm³/mol. The number of aliphatic hydroxyl groups is 1. The van der Waals surface area contributed by atoms with Gasteiger partial charge in [0.2, 0.25) is 0 Å². The van der Waals surface area contributed by atoms with E-state index in [0.29, 0.717) is 23.5 Å². The Kier molecular flexibility index (Phi) is 2.50. The Hall–Kier alpha value is -0.630. The number of rotatable bonds is 2. The van der Waals surface area contributed by atoms with Crippen LogP contribution in [-0.4, -0.2) is 16.5 Å². The van der Waals surface area contributed by atoms with Gasteiger partial charge in [-0.2, -0.15) is 0 Å². The minimum absolute atomic E-state index is 0.191. The minimum Gasteiger partial charge on any atom is -0.390 e. The number of carbonyl (C=O) groups excluding carboxylic acids is 1. The van der Waals surface area contributed by atoms with E-state index in [4.69, 9.17) is 0 Å². The van der Waals surface area contributed by atoms with E-state index in [1.165, 1.54) is 0 Å². The fraction of sp³-hybridized carbons (Fsp3) is 0.769. The molecule has 15 heavy (non-hydrogen) atoms. The van der Waals surface area contributed by atoms with Crippen LogP contribution in [0.1, 0.15) is 33.6 Å². The normalized spacial score (nSPS) is 39.5. The summed E-state index contributed by atoms with van der Waals surface area (Å²) < 4.78 is 0. The molecule has 0 aliphatic heterocycles. The number of hydrogen-bond acceptors (Lipinski definition) is 2. The van der Waals surface area contributed by atoms with Crippen LogP contribution in [0.2, 0.25) is 0 Å². The lowest BCUT2D eigenvalue weighted by Crippen LogP contribution is -2.57. The highest BCUT2D eigenvalue weighted by atomic mass is 16.3. The van der Waals surface area contributed by atoms with E-state index in [-0.39, 0.29) is 5.92 Å². The SMILES string of the molecule is CC(=O)C1C2CC=CCC1C2C(C)(C)O. The summed E-state index contributed by atoms with van der Waals surface area (Å²) in [6.45, 7) is 5.44. The molecule has 2 atom stereocenters. The molecule has 0 saturated heterocycles. The van der Waals surface area contributed by atoms with E-state index in [2.05, 4.69) is 12.2 Å². The zero-order valence-electron chi connectivity index (χ0n) is 9.73. The highest BCUT2D eigenvalue weighted by Crippen LogP contribution is 2.56. The van der Waals surface area contributed by atoms with Crippen LogP contribution in [0.4, 0.5) is 0 Å². The fourth-order valence-corrected chi connectivity index (χ4v) is 3.68. The largest absolute Gasteiger partial charge is 0.390 e. The molecule has 2 nitrogen and oxygen atoms in total. The lowest BCUT2D eigenvalue weighted by atomic mass is 9.50. The molecule has 0 aromatic rings. The van der Waals surface area contributed by atoms with Crippen molar-refractivity contribution < 1.29 is 9.90 Å². The van der Waals surface area contributed by atoms with Gasteiger partial charge in [-0.25, -0.2) is 0 Å². The molecule has 0 radical (unpaired) electrons. The van der Waals surface area contributed by atoms with Gasteiger partial charge in [-0.1, -0.05) is 12.2 Å². The molecule has 3 aliphatic carbocycles. The Morgan fingerprint density at radius 2 is 1.73 bits per heavy atom. The Balaban J connectivity index is 2.23. The van der Waals surface area contributed by atoms with Gasteiger partial charge in [0.1, 0.15) is 5.78 Å². The van der Waals surface area contributed by atoms with Crippen LogP contribution < -0.4 is 0 Å². The third-order valence-electron chi connectivity index (χ3n) is 4.11. The lowest BCUT2D eigenvalue weighted by Gasteiger charge is -2.54. The second-order valence-electron chi connectivity index (χ2n) is 5.59. The van der Waals surface area contributed by atoms with Gasteiger partial charge in [0, 0.05) is 5.92 Å². The summed E-state index contributed by atoms with van der Waals surface area (Å²) in [6, 6.07) is 0. The van der Waals surface area contributed by atoms with Crippen LogP contribution >= 0.6 is 0 Å². The van der Waals surface area contributed by atoms with Crippen LogP contribution in [0.3, 0.4) is 0 Å². The smallest absolute Gasteiger partial charge is 0.133 e. The molecule has 0 aromatic heterocycles. The molecular weight excluding hydrogens is 188 g/mol. The van der Waals surface area contributed by atoms with E-state index < -0.39 is 5.60 Å². The number of Topliss-reactive ketones (excluding diaryl/α,β-unsaturated/α-hetero) is 1. The first-order valence-electron chi connectivity index (χ1n) is 5.80. The first-order valence-corrected chi connectivity index (χ1v) is 5.80. The van der Waals surface area contributed by atoms with E-state index >= 15 is 0 Å². The van der Waals surface area contributed by atoms with Gasteiger partial charge in [-0.05, 0) is 51.4 Å². The van der Waals surface area contributed by atoms with Crippen molar-refractivity contribution in [2.75, 3.05) is 0 Å². The number of fused-ring (bicyclic) bond motifs is 2. The molecule has 0 heterocycles. The van der Waals surface area contributed by atoms with Crippen LogP contribution in [0.15, 0.2) is 12.2 Å². The third kappa shape index (κ3) is 1.65.